The Bertz CT molecular complexity index is 690. The van der Waals surface area contributed by atoms with Gasteiger partial charge in [0.1, 0.15) is 0 Å². The summed E-state index contributed by atoms with van der Waals surface area (Å²) in [6.07, 6.45) is 5.47. The molecule has 1 aromatic heterocycles. The second-order valence-electron chi connectivity index (χ2n) is 5.45. The van der Waals surface area contributed by atoms with E-state index in [2.05, 4.69) is 44.0 Å². The normalized spacial score (nSPS) is 16.2. The van der Waals surface area contributed by atoms with E-state index in [0.29, 0.717) is 11.7 Å². The average Bonchev–Trinajstić information content (AvgIpc) is 2.51. The van der Waals surface area contributed by atoms with Crippen LogP contribution in [0.25, 0.3) is 0 Å². The summed E-state index contributed by atoms with van der Waals surface area (Å²) in [5.41, 5.74) is 1.35. The minimum Gasteiger partial charge on any atom is -0.352 e. The quantitative estimate of drug-likeness (QED) is 0.838. The van der Waals surface area contributed by atoms with E-state index in [4.69, 9.17) is 0 Å². The van der Waals surface area contributed by atoms with Crippen LogP contribution in [0.2, 0.25) is 0 Å². The highest BCUT2D eigenvalue weighted by atomic mass is 79.9. The predicted octanol–water partition coefficient (Wildman–Crippen LogP) is 2.93. The van der Waals surface area contributed by atoms with E-state index in [0.717, 1.165) is 25.9 Å². The van der Waals surface area contributed by atoms with Crippen LogP contribution in [0.15, 0.2) is 45.9 Å². The van der Waals surface area contributed by atoms with E-state index in [1.807, 2.05) is 6.07 Å². The summed E-state index contributed by atoms with van der Waals surface area (Å²) in [6, 6.07) is 8.40. The van der Waals surface area contributed by atoms with E-state index in [1.54, 1.807) is 24.0 Å². The fourth-order valence-electron chi connectivity index (χ4n) is 2.91. The van der Waals surface area contributed by atoms with Gasteiger partial charge < -0.3 is 9.47 Å². The zero-order valence-electron chi connectivity index (χ0n) is 12.0. The molecule has 1 aliphatic heterocycles. The molecule has 0 spiro atoms. The van der Waals surface area contributed by atoms with Crippen LogP contribution in [-0.4, -0.2) is 22.6 Å². The van der Waals surface area contributed by atoms with Crippen LogP contribution in [0.1, 0.15) is 24.3 Å². The molecule has 21 heavy (non-hydrogen) atoms. The summed E-state index contributed by atoms with van der Waals surface area (Å²) in [5, 5.41) is 0. The minimum absolute atomic E-state index is 0.0168. The lowest BCUT2D eigenvalue weighted by atomic mass is 9.89. The molecule has 5 heteroatoms. The molecule has 110 valence electrons. The third kappa shape index (κ3) is 2.88. The summed E-state index contributed by atoms with van der Waals surface area (Å²) in [5.74, 6) is 1.12. The van der Waals surface area contributed by atoms with Crippen molar-refractivity contribution < 1.29 is 0 Å². The highest BCUT2D eigenvalue weighted by Gasteiger charge is 2.24. The predicted molar refractivity (Wildman–Crippen MR) is 87.8 cm³/mol. The van der Waals surface area contributed by atoms with E-state index in [9.17, 15) is 4.79 Å². The molecule has 0 atom stereocenters. The summed E-state index contributed by atoms with van der Waals surface area (Å²) in [7, 11) is 1.77. The molecule has 0 unspecified atom stereocenters. The summed E-state index contributed by atoms with van der Waals surface area (Å²) < 4.78 is 2.76. The molecule has 1 fully saturated rings. The number of aromatic nitrogens is 2. The number of nitrogens with zero attached hydrogens (tertiary/aromatic N) is 3. The first-order chi connectivity index (χ1) is 10.2. The van der Waals surface area contributed by atoms with Gasteiger partial charge in [0.25, 0.3) is 5.56 Å². The summed E-state index contributed by atoms with van der Waals surface area (Å²) in [4.78, 5) is 18.5. The maximum absolute atomic E-state index is 12.1. The van der Waals surface area contributed by atoms with Gasteiger partial charge >= 0.3 is 0 Å². The topological polar surface area (TPSA) is 38.1 Å². The lowest BCUT2D eigenvalue weighted by Crippen LogP contribution is -2.38. The second kappa shape index (κ2) is 6.02. The molecule has 1 aliphatic rings. The molecule has 4 nitrogen and oxygen atoms in total. The maximum Gasteiger partial charge on any atom is 0.293 e. The highest BCUT2D eigenvalue weighted by molar-refractivity contribution is 9.10. The molecule has 0 N–H and O–H groups in total. The Hall–Kier alpha value is -1.62. The fraction of sp³-hybridized carbons (Fsp3) is 0.375. The minimum atomic E-state index is -0.0168. The van der Waals surface area contributed by atoms with E-state index < -0.39 is 0 Å². The molecule has 2 aromatic rings. The van der Waals surface area contributed by atoms with E-state index in [1.165, 1.54) is 10.0 Å². The van der Waals surface area contributed by atoms with Gasteiger partial charge in [0.05, 0.1) is 0 Å². The standard InChI is InChI=1S/C16H18BrN3O/c1-19-11-8-18-15(16(19)21)20-9-6-12(7-10-20)13-4-2-3-5-14(13)17/h2-5,8,11-12H,6-7,9-10H2,1H3. The van der Waals surface area contributed by atoms with Gasteiger partial charge in [-0.1, -0.05) is 34.1 Å². The smallest absolute Gasteiger partial charge is 0.293 e. The van der Waals surface area contributed by atoms with Crippen LogP contribution in [0, 0.1) is 0 Å². The fourth-order valence-corrected chi connectivity index (χ4v) is 3.52. The molecule has 0 saturated carbocycles. The van der Waals surface area contributed by atoms with Crippen LogP contribution in [0.5, 0.6) is 0 Å². The monoisotopic (exact) mass is 347 g/mol. The van der Waals surface area contributed by atoms with Gasteiger partial charge in [-0.25, -0.2) is 4.98 Å². The first kappa shape index (κ1) is 14.3. The zero-order chi connectivity index (χ0) is 14.8. The Balaban J connectivity index is 1.75. The summed E-state index contributed by atoms with van der Waals surface area (Å²) in [6.45, 7) is 1.75. The van der Waals surface area contributed by atoms with Crippen molar-refractivity contribution in [2.24, 2.45) is 7.05 Å². The number of hydrogen-bond donors (Lipinski definition) is 0. The molecular formula is C16H18BrN3O. The van der Waals surface area contributed by atoms with Crippen molar-refractivity contribution in [2.75, 3.05) is 18.0 Å². The van der Waals surface area contributed by atoms with Gasteiger partial charge in [-0.15, -0.1) is 0 Å². The van der Waals surface area contributed by atoms with E-state index >= 15 is 0 Å². The molecule has 0 amide bonds. The SMILES string of the molecule is Cn1ccnc(N2CCC(c3ccccc3Br)CC2)c1=O. The Labute approximate surface area is 132 Å². The zero-order valence-corrected chi connectivity index (χ0v) is 13.6. The van der Waals surface area contributed by atoms with Crippen LogP contribution in [0.4, 0.5) is 5.82 Å². The molecule has 1 aromatic carbocycles. The first-order valence-corrected chi connectivity index (χ1v) is 7.97. The highest BCUT2D eigenvalue weighted by Crippen LogP contribution is 2.33. The molecule has 3 rings (SSSR count). The first-order valence-electron chi connectivity index (χ1n) is 7.18. The molecule has 0 radical (unpaired) electrons. The van der Waals surface area contributed by atoms with Crippen LogP contribution in [0.3, 0.4) is 0 Å². The number of hydrogen-bond acceptors (Lipinski definition) is 3. The van der Waals surface area contributed by atoms with Crippen LogP contribution in [-0.2, 0) is 7.05 Å². The van der Waals surface area contributed by atoms with Gasteiger partial charge in [-0.2, -0.15) is 0 Å². The maximum atomic E-state index is 12.1. The Kier molecular flexibility index (Phi) is 4.10. The lowest BCUT2D eigenvalue weighted by Gasteiger charge is -2.33. The number of halogens is 1. The number of rotatable bonds is 2. The van der Waals surface area contributed by atoms with Crippen molar-refractivity contribution >= 4 is 21.7 Å². The molecular weight excluding hydrogens is 330 g/mol. The van der Waals surface area contributed by atoms with Crippen molar-refractivity contribution in [1.82, 2.24) is 9.55 Å². The number of benzene rings is 1. The van der Waals surface area contributed by atoms with Crippen LogP contribution >= 0.6 is 15.9 Å². The van der Waals surface area contributed by atoms with Gasteiger partial charge in [0, 0.05) is 37.0 Å². The third-order valence-electron chi connectivity index (χ3n) is 4.14. The molecule has 1 saturated heterocycles. The average molecular weight is 348 g/mol. The van der Waals surface area contributed by atoms with Gasteiger partial charge in [-0.05, 0) is 30.4 Å². The van der Waals surface area contributed by atoms with Crippen LogP contribution < -0.4 is 10.5 Å². The van der Waals surface area contributed by atoms with Gasteiger partial charge in [0.15, 0.2) is 5.82 Å². The van der Waals surface area contributed by atoms with Crippen molar-refractivity contribution in [3.8, 4) is 0 Å². The number of aryl methyl sites for hydroxylation is 1. The Morgan fingerprint density at radius 1 is 1.24 bits per heavy atom. The number of piperidine rings is 1. The number of anilines is 1. The van der Waals surface area contributed by atoms with Crippen molar-refractivity contribution in [1.29, 1.82) is 0 Å². The van der Waals surface area contributed by atoms with Crippen molar-refractivity contribution in [3.05, 3.63) is 57.0 Å². The molecule has 0 aliphatic carbocycles. The van der Waals surface area contributed by atoms with E-state index in [-0.39, 0.29) is 5.56 Å². The largest absolute Gasteiger partial charge is 0.352 e. The molecule has 2 heterocycles. The van der Waals surface area contributed by atoms with Gasteiger partial charge in [-0.3, -0.25) is 4.79 Å². The summed E-state index contributed by atoms with van der Waals surface area (Å²) >= 11 is 3.63. The Morgan fingerprint density at radius 2 is 1.95 bits per heavy atom. The lowest BCUT2D eigenvalue weighted by molar-refractivity contribution is 0.499. The van der Waals surface area contributed by atoms with Gasteiger partial charge in [0.2, 0.25) is 0 Å². The van der Waals surface area contributed by atoms with Crippen molar-refractivity contribution in [2.45, 2.75) is 18.8 Å². The third-order valence-corrected chi connectivity index (χ3v) is 4.86. The second-order valence-corrected chi connectivity index (χ2v) is 6.30. The van der Waals surface area contributed by atoms with Crippen molar-refractivity contribution in [3.63, 3.8) is 0 Å². The Morgan fingerprint density at radius 3 is 2.67 bits per heavy atom. The molecule has 0 bridgehead atoms.